The van der Waals surface area contributed by atoms with E-state index < -0.39 is 0 Å². The third-order valence-electron chi connectivity index (χ3n) is 2.55. The van der Waals surface area contributed by atoms with Crippen molar-refractivity contribution in [3.05, 3.63) is 47.7 Å². The van der Waals surface area contributed by atoms with Crippen LogP contribution in [0, 0.1) is 0 Å². The Balaban J connectivity index is 1.99. The van der Waals surface area contributed by atoms with Crippen LogP contribution in [0.5, 0.6) is 0 Å². The van der Waals surface area contributed by atoms with Crippen LogP contribution in [-0.2, 0) is 0 Å². The highest BCUT2D eigenvalue weighted by molar-refractivity contribution is 5.96. The number of hydrogen-bond donors (Lipinski definition) is 4. The summed E-state index contributed by atoms with van der Waals surface area (Å²) in [5.74, 6) is -0.186. The van der Waals surface area contributed by atoms with Crippen LogP contribution in [0.3, 0.4) is 0 Å². The summed E-state index contributed by atoms with van der Waals surface area (Å²) in [4.78, 5) is 11.9. The number of carbonyl (C=O) groups is 1. The lowest BCUT2D eigenvalue weighted by atomic mass is 10.1. The SMILES string of the molecule is Nc1cc(N)cc(C(=O)NCC2=CNCC=C2)c1. The number of nitrogens with one attached hydrogen (secondary N) is 2. The Morgan fingerprint density at radius 1 is 1.28 bits per heavy atom. The van der Waals surface area contributed by atoms with Crippen LogP contribution in [0.2, 0.25) is 0 Å². The van der Waals surface area contributed by atoms with Crippen LogP contribution in [-0.4, -0.2) is 19.0 Å². The largest absolute Gasteiger partial charge is 0.399 e. The molecule has 0 radical (unpaired) electrons. The maximum atomic E-state index is 11.9. The molecule has 1 aliphatic heterocycles. The average molecular weight is 244 g/mol. The van der Waals surface area contributed by atoms with E-state index in [9.17, 15) is 4.79 Å². The molecule has 2 rings (SSSR count). The van der Waals surface area contributed by atoms with Gasteiger partial charge in [0.2, 0.25) is 0 Å². The summed E-state index contributed by atoms with van der Waals surface area (Å²) in [5.41, 5.74) is 13.7. The minimum absolute atomic E-state index is 0.186. The molecule has 0 aromatic heterocycles. The fourth-order valence-corrected chi connectivity index (χ4v) is 1.72. The molecule has 1 aromatic carbocycles. The molecule has 0 aliphatic carbocycles. The van der Waals surface area contributed by atoms with Crippen LogP contribution in [0.1, 0.15) is 10.4 Å². The molecule has 6 N–H and O–H groups in total. The number of anilines is 2. The summed E-state index contributed by atoms with van der Waals surface area (Å²) < 4.78 is 0. The van der Waals surface area contributed by atoms with Gasteiger partial charge in [-0.05, 0) is 23.8 Å². The van der Waals surface area contributed by atoms with Crippen molar-refractivity contribution in [3.8, 4) is 0 Å². The summed E-state index contributed by atoms with van der Waals surface area (Å²) >= 11 is 0. The van der Waals surface area contributed by atoms with Crippen molar-refractivity contribution in [1.82, 2.24) is 10.6 Å². The molecule has 1 aliphatic rings. The Kier molecular flexibility index (Phi) is 3.52. The van der Waals surface area contributed by atoms with Crippen LogP contribution < -0.4 is 22.1 Å². The molecule has 94 valence electrons. The van der Waals surface area contributed by atoms with Gasteiger partial charge in [0, 0.05) is 36.2 Å². The number of dihydropyridines is 1. The van der Waals surface area contributed by atoms with Crippen molar-refractivity contribution in [2.75, 3.05) is 24.6 Å². The van der Waals surface area contributed by atoms with Crippen LogP contribution in [0.25, 0.3) is 0 Å². The highest BCUT2D eigenvalue weighted by Crippen LogP contribution is 2.13. The summed E-state index contributed by atoms with van der Waals surface area (Å²) in [5, 5.41) is 5.89. The lowest BCUT2D eigenvalue weighted by Gasteiger charge is -2.10. The van der Waals surface area contributed by atoms with Gasteiger partial charge in [0.1, 0.15) is 0 Å². The molecule has 18 heavy (non-hydrogen) atoms. The van der Waals surface area contributed by atoms with E-state index >= 15 is 0 Å². The molecule has 0 saturated heterocycles. The molecule has 0 unspecified atom stereocenters. The van der Waals surface area contributed by atoms with Gasteiger partial charge in [-0.2, -0.15) is 0 Å². The second kappa shape index (κ2) is 5.27. The monoisotopic (exact) mass is 244 g/mol. The molecule has 0 atom stereocenters. The third kappa shape index (κ3) is 3.04. The van der Waals surface area contributed by atoms with Crippen molar-refractivity contribution in [2.24, 2.45) is 0 Å². The van der Waals surface area contributed by atoms with E-state index in [0.29, 0.717) is 23.5 Å². The van der Waals surface area contributed by atoms with Gasteiger partial charge in [-0.1, -0.05) is 12.2 Å². The standard InChI is InChI=1S/C13H16N4O/c14-11-4-10(5-12(15)6-11)13(18)17-8-9-2-1-3-16-7-9/h1-2,4-7,16H,3,8,14-15H2,(H,17,18). The van der Waals surface area contributed by atoms with Gasteiger partial charge in [0.25, 0.3) is 5.91 Å². The van der Waals surface area contributed by atoms with Gasteiger partial charge < -0.3 is 22.1 Å². The van der Waals surface area contributed by atoms with E-state index in [0.717, 1.165) is 12.1 Å². The number of nitrogens with two attached hydrogens (primary N) is 2. The smallest absolute Gasteiger partial charge is 0.251 e. The fraction of sp³-hybridized carbons (Fsp3) is 0.154. The van der Waals surface area contributed by atoms with Gasteiger partial charge in [0.05, 0.1) is 0 Å². The van der Waals surface area contributed by atoms with Crippen molar-refractivity contribution in [1.29, 1.82) is 0 Å². The molecule has 0 saturated carbocycles. The lowest BCUT2D eigenvalue weighted by molar-refractivity contribution is 0.0957. The number of carbonyl (C=O) groups excluding carboxylic acids is 1. The molecule has 5 heteroatoms. The summed E-state index contributed by atoms with van der Waals surface area (Å²) in [6.45, 7) is 1.29. The predicted molar refractivity (Wildman–Crippen MR) is 72.8 cm³/mol. The van der Waals surface area contributed by atoms with E-state index in [4.69, 9.17) is 11.5 Å². The molecule has 0 fully saturated rings. The molecule has 1 aromatic rings. The Bertz CT molecular complexity index is 499. The van der Waals surface area contributed by atoms with Gasteiger partial charge in [0.15, 0.2) is 0 Å². The second-order valence-electron chi connectivity index (χ2n) is 4.10. The number of rotatable bonds is 3. The van der Waals surface area contributed by atoms with Crippen molar-refractivity contribution in [3.63, 3.8) is 0 Å². The van der Waals surface area contributed by atoms with Gasteiger partial charge in [-0.25, -0.2) is 0 Å². The van der Waals surface area contributed by atoms with Gasteiger partial charge in [-0.3, -0.25) is 4.79 Å². The first-order valence-electron chi connectivity index (χ1n) is 5.68. The molecular weight excluding hydrogens is 228 g/mol. The maximum Gasteiger partial charge on any atom is 0.251 e. The third-order valence-corrected chi connectivity index (χ3v) is 2.55. The number of benzene rings is 1. The molecule has 1 heterocycles. The zero-order valence-corrected chi connectivity index (χ0v) is 9.94. The Morgan fingerprint density at radius 3 is 2.61 bits per heavy atom. The molecule has 0 bridgehead atoms. The number of hydrogen-bond acceptors (Lipinski definition) is 4. The van der Waals surface area contributed by atoms with E-state index in [2.05, 4.69) is 10.6 Å². The van der Waals surface area contributed by atoms with Gasteiger partial charge in [-0.15, -0.1) is 0 Å². The Morgan fingerprint density at radius 2 is 2.00 bits per heavy atom. The van der Waals surface area contributed by atoms with E-state index in [-0.39, 0.29) is 5.91 Å². The molecule has 5 nitrogen and oxygen atoms in total. The first kappa shape index (κ1) is 12.0. The van der Waals surface area contributed by atoms with Crippen molar-refractivity contribution >= 4 is 17.3 Å². The summed E-state index contributed by atoms with van der Waals surface area (Å²) in [7, 11) is 0. The van der Waals surface area contributed by atoms with E-state index in [1.165, 1.54) is 0 Å². The molecular formula is C13H16N4O. The maximum absolute atomic E-state index is 11.9. The molecule has 0 spiro atoms. The van der Waals surface area contributed by atoms with E-state index in [1.54, 1.807) is 18.2 Å². The molecule has 1 amide bonds. The van der Waals surface area contributed by atoms with Crippen LogP contribution in [0.15, 0.2) is 42.1 Å². The van der Waals surface area contributed by atoms with E-state index in [1.807, 2.05) is 18.4 Å². The minimum atomic E-state index is -0.186. The summed E-state index contributed by atoms with van der Waals surface area (Å²) in [6.07, 6.45) is 5.86. The zero-order chi connectivity index (χ0) is 13.0. The van der Waals surface area contributed by atoms with Gasteiger partial charge >= 0.3 is 0 Å². The topological polar surface area (TPSA) is 93.2 Å². The second-order valence-corrected chi connectivity index (χ2v) is 4.10. The first-order valence-corrected chi connectivity index (χ1v) is 5.68. The summed E-state index contributed by atoms with van der Waals surface area (Å²) in [6, 6.07) is 4.83. The quantitative estimate of drug-likeness (QED) is 0.586. The van der Waals surface area contributed by atoms with Crippen molar-refractivity contribution < 1.29 is 4.79 Å². The zero-order valence-electron chi connectivity index (χ0n) is 9.94. The number of amides is 1. The van der Waals surface area contributed by atoms with Crippen LogP contribution >= 0.6 is 0 Å². The lowest BCUT2D eigenvalue weighted by Crippen LogP contribution is -2.27. The first-order chi connectivity index (χ1) is 8.65. The number of nitrogen functional groups attached to an aromatic ring is 2. The average Bonchev–Trinajstić information content (AvgIpc) is 2.36. The predicted octanol–water partition coefficient (Wildman–Crippen LogP) is 0.624. The highest BCUT2D eigenvalue weighted by atomic mass is 16.1. The Labute approximate surface area is 106 Å². The minimum Gasteiger partial charge on any atom is -0.399 e. The normalized spacial score (nSPS) is 13.7. The van der Waals surface area contributed by atoms with Crippen LogP contribution in [0.4, 0.5) is 11.4 Å². The fourth-order valence-electron chi connectivity index (χ4n) is 1.72. The van der Waals surface area contributed by atoms with Crippen molar-refractivity contribution in [2.45, 2.75) is 0 Å². The Hall–Kier alpha value is -2.43. The highest BCUT2D eigenvalue weighted by Gasteiger charge is 2.07.